The lowest BCUT2D eigenvalue weighted by Crippen LogP contribution is -2.40. The zero-order valence-electron chi connectivity index (χ0n) is 11.8. The van der Waals surface area contributed by atoms with Gasteiger partial charge in [0.05, 0.1) is 23.2 Å². The monoisotopic (exact) mass is 287 g/mol. The Balaban J connectivity index is 1.85. The van der Waals surface area contributed by atoms with Crippen LogP contribution in [0, 0.1) is 12.8 Å². The predicted octanol–water partition coefficient (Wildman–Crippen LogP) is 1.81. The van der Waals surface area contributed by atoms with E-state index in [0.717, 1.165) is 16.5 Å². The molecule has 1 aliphatic rings. The van der Waals surface area contributed by atoms with Gasteiger partial charge in [0.25, 0.3) is 5.91 Å². The van der Waals surface area contributed by atoms with Gasteiger partial charge in [0.1, 0.15) is 0 Å². The van der Waals surface area contributed by atoms with Crippen molar-refractivity contribution in [3.63, 3.8) is 0 Å². The number of likely N-dealkylation sites (tertiary alicyclic amines) is 1. The van der Waals surface area contributed by atoms with Crippen LogP contribution in [0.5, 0.6) is 0 Å². The number of fused-ring (bicyclic) bond motifs is 1. The lowest BCUT2D eigenvalue weighted by atomic mass is 9.96. The molecule has 6 nitrogen and oxygen atoms in total. The molecule has 3 rings (SSSR count). The first-order valence-electron chi connectivity index (χ1n) is 7.02. The third-order valence-electron chi connectivity index (χ3n) is 4.06. The SMILES string of the molecule is Cc1cc(C(=O)N2CCC(C(=O)O)CC2)c2[nH]ncc2c1. The summed E-state index contributed by atoms with van der Waals surface area (Å²) in [5.41, 5.74) is 2.36. The van der Waals surface area contributed by atoms with Crippen LogP contribution < -0.4 is 0 Å². The molecule has 1 aromatic heterocycles. The minimum atomic E-state index is -0.770. The number of aromatic nitrogens is 2. The molecule has 110 valence electrons. The Morgan fingerprint density at radius 1 is 1.33 bits per heavy atom. The number of carbonyl (C=O) groups excluding carboxylic acids is 1. The van der Waals surface area contributed by atoms with Crippen molar-refractivity contribution in [3.05, 3.63) is 29.5 Å². The van der Waals surface area contributed by atoms with Gasteiger partial charge >= 0.3 is 5.97 Å². The minimum Gasteiger partial charge on any atom is -0.481 e. The highest BCUT2D eigenvalue weighted by Gasteiger charge is 2.28. The Hall–Kier alpha value is -2.37. The van der Waals surface area contributed by atoms with Crippen molar-refractivity contribution in [3.8, 4) is 0 Å². The summed E-state index contributed by atoms with van der Waals surface area (Å²) in [6.45, 7) is 2.92. The number of carboxylic acid groups (broad SMARTS) is 1. The summed E-state index contributed by atoms with van der Waals surface area (Å²) in [7, 11) is 0. The van der Waals surface area contributed by atoms with Gasteiger partial charge in [-0.1, -0.05) is 0 Å². The van der Waals surface area contributed by atoms with Crippen LogP contribution >= 0.6 is 0 Å². The van der Waals surface area contributed by atoms with Gasteiger partial charge in [-0.3, -0.25) is 14.7 Å². The molecule has 1 aliphatic heterocycles. The maximum absolute atomic E-state index is 12.7. The fourth-order valence-corrected chi connectivity index (χ4v) is 2.88. The van der Waals surface area contributed by atoms with Gasteiger partial charge in [-0.05, 0) is 37.5 Å². The van der Waals surface area contributed by atoms with Crippen molar-refractivity contribution in [2.24, 2.45) is 5.92 Å². The minimum absolute atomic E-state index is 0.0585. The zero-order valence-corrected chi connectivity index (χ0v) is 11.8. The quantitative estimate of drug-likeness (QED) is 0.882. The normalized spacial score (nSPS) is 16.3. The molecule has 1 fully saturated rings. The van der Waals surface area contributed by atoms with Gasteiger partial charge in [-0.25, -0.2) is 0 Å². The highest BCUT2D eigenvalue weighted by molar-refractivity contribution is 6.05. The maximum Gasteiger partial charge on any atom is 0.306 e. The van der Waals surface area contributed by atoms with E-state index in [1.165, 1.54) is 0 Å². The number of rotatable bonds is 2. The molecule has 0 aliphatic carbocycles. The Morgan fingerprint density at radius 3 is 2.71 bits per heavy atom. The second kappa shape index (κ2) is 5.20. The largest absolute Gasteiger partial charge is 0.481 e. The number of nitrogens with zero attached hydrogens (tertiary/aromatic N) is 2. The number of aromatic amines is 1. The summed E-state index contributed by atoms with van der Waals surface area (Å²) in [6, 6.07) is 3.83. The predicted molar refractivity (Wildman–Crippen MR) is 77.1 cm³/mol. The van der Waals surface area contributed by atoms with Gasteiger partial charge in [0.15, 0.2) is 0 Å². The van der Waals surface area contributed by atoms with Crippen molar-refractivity contribution in [2.75, 3.05) is 13.1 Å². The number of nitrogens with one attached hydrogen (secondary N) is 1. The molecule has 0 radical (unpaired) electrons. The van der Waals surface area contributed by atoms with Crippen LogP contribution in [0.4, 0.5) is 0 Å². The molecule has 21 heavy (non-hydrogen) atoms. The highest BCUT2D eigenvalue weighted by Crippen LogP contribution is 2.23. The first-order valence-corrected chi connectivity index (χ1v) is 7.02. The van der Waals surface area contributed by atoms with E-state index in [1.807, 2.05) is 19.1 Å². The fourth-order valence-electron chi connectivity index (χ4n) is 2.88. The second-order valence-electron chi connectivity index (χ2n) is 5.55. The molecular weight excluding hydrogens is 270 g/mol. The number of H-pyrrole nitrogens is 1. The van der Waals surface area contributed by atoms with E-state index in [0.29, 0.717) is 31.5 Å². The van der Waals surface area contributed by atoms with Crippen LogP contribution in [0.2, 0.25) is 0 Å². The van der Waals surface area contributed by atoms with Crippen molar-refractivity contribution in [2.45, 2.75) is 19.8 Å². The Bertz CT molecular complexity index is 699. The van der Waals surface area contributed by atoms with Gasteiger partial charge in [0, 0.05) is 18.5 Å². The summed E-state index contributed by atoms with van der Waals surface area (Å²) in [4.78, 5) is 25.4. The van der Waals surface area contributed by atoms with E-state index in [-0.39, 0.29) is 11.8 Å². The molecule has 2 N–H and O–H groups in total. The zero-order chi connectivity index (χ0) is 15.0. The van der Waals surface area contributed by atoms with Crippen molar-refractivity contribution in [1.29, 1.82) is 0 Å². The number of piperidine rings is 1. The number of hydrogen-bond acceptors (Lipinski definition) is 3. The molecule has 0 unspecified atom stereocenters. The maximum atomic E-state index is 12.7. The summed E-state index contributed by atoms with van der Waals surface area (Å²) >= 11 is 0. The number of aryl methyl sites for hydroxylation is 1. The van der Waals surface area contributed by atoms with E-state index in [4.69, 9.17) is 5.11 Å². The van der Waals surface area contributed by atoms with E-state index in [1.54, 1.807) is 11.1 Å². The molecule has 0 bridgehead atoms. The molecule has 2 aromatic rings. The molecule has 1 amide bonds. The number of carboxylic acids is 1. The molecule has 0 spiro atoms. The van der Waals surface area contributed by atoms with Crippen LogP contribution in [-0.4, -0.2) is 45.2 Å². The first kappa shape index (κ1) is 13.6. The molecule has 2 heterocycles. The number of benzene rings is 1. The van der Waals surface area contributed by atoms with Crippen LogP contribution in [0.25, 0.3) is 10.9 Å². The standard InChI is InChI=1S/C15H17N3O3/c1-9-6-11-8-16-17-13(11)12(7-9)14(19)18-4-2-10(3-5-18)15(20)21/h6-8,10H,2-5H2,1H3,(H,16,17)(H,20,21). The van der Waals surface area contributed by atoms with E-state index < -0.39 is 5.97 Å². The van der Waals surface area contributed by atoms with Crippen molar-refractivity contribution >= 4 is 22.8 Å². The molecule has 1 aromatic carbocycles. The van der Waals surface area contributed by atoms with Crippen molar-refractivity contribution < 1.29 is 14.7 Å². The van der Waals surface area contributed by atoms with Gasteiger partial charge in [-0.2, -0.15) is 5.10 Å². The van der Waals surface area contributed by atoms with E-state index >= 15 is 0 Å². The van der Waals surface area contributed by atoms with Crippen LogP contribution in [-0.2, 0) is 4.79 Å². The summed E-state index contributed by atoms with van der Waals surface area (Å²) < 4.78 is 0. The molecule has 0 saturated carbocycles. The van der Waals surface area contributed by atoms with Gasteiger partial charge < -0.3 is 10.0 Å². The van der Waals surface area contributed by atoms with Crippen LogP contribution in [0.15, 0.2) is 18.3 Å². The molecule has 0 atom stereocenters. The fraction of sp³-hybridized carbons (Fsp3) is 0.400. The Labute approximate surface area is 121 Å². The number of hydrogen-bond donors (Lipinski definition) is 2. The highest BCUT2D eigenvalue weighted by atomic mass is 16.4. The number of aliphatic carboxylic acids is 1. The molecular formula is C15H17N3O3. The van der Waals surface area contributed by atoms with Crippen LogP contribution in [0.3, 0.4) is 0 Å². The lowest BCUT2D eigenvalue weighted by Gasteiger charge is -2.30. The van der Waals surface area contributed by atoms with E-state index in [2.05, 4.69) is 10.2 Å². The molecule has 6 heteroatoms. The average molecular weight is 287 g/mol. The van der Waals surface area contributed by atoms with E-state index in [9.17, 15) is 9.59 Å². The third kappa shape index (κ3) is 2.49. The Kier molecular flexibility index (Phi) is 3.37. The van der Waals surface area contributed by atoms with Crippen LogP contribution in [0.1, 0.15) is 28.8 Å². The topological polar surface area (TPSA) is 86.3 Å². The summed E-state index contributed by atoms with van der Waals surface area (Å²) in [5, 5.41) is 16.8. The average Bonchev–Trinajstić information content (AvgIpc) is 2.93. The lowest BCUT2D eigenvalue weighted by molar-refractivity contribution is -0.143. The Morgan fingerprint density at radius 2 is 2.05 bits per heavy atom. The second-order valence-corrected chi connectivity index (χ2v) is 5.55. The number of amides is 1. The first-order chi connectivity index (χ1) is 10.1. The smallest absolute Gasteiger partial charge is 0.306 e. The van der Waals surface area contributed by atoms with Gasteiger partial charge in [0.2, 0.25) is 0 Å². The van der Waals surface area contributed by atoms with Gasteiger partial charge in [-0.15, -0.1) is 0 Å². The third-order valence-corrected chi connectivity index (χ3v) is 4.06. The summed E-state index contributed by atoms with van der Waals surface area (Å²) in [5.74, 6) is -1.16. The molecule has 1 saturated heterocycles. The van der Waals surface area contributed by atoms with Crippen molar-refractivity contribution in [1.82, 2.24) is 15.1 Å². The summed E-state index contributed by atoms with van der Waals surface area (Å²) in [6.07, 6.45) is 2.73. The number of carbonyl (C=O) groups is 2.